The number of fused-ring (bicyclic) bond motifs is 1. The summed E-state index contributed by atoms with van der Waals surface area (Å²) in [6, 6.07) is 10.1. The highest BCUT2D eigenvalue weighted by atomic mass is 32.1. The molecule has 1 fully saturated rings. The third kappa shape index (κ3) is 3.81. The Morgan fingerprint density at radius 3 is 3.04 bits per heavy atom. The number of carbonyl (C=O) groups is 1. The molecule has 3 heterocycles. The maximum atomic E-state index is 12.8. The largest absolute Gasteiger partial charge is 0.355 e. The molecule has 1 atom stereocenters. The zero-order valence-electron chi connectivity index (χ0n) is 15.7. The molecule has 1 aromatic carbocycles. The van der Waals surface area contributed by atoms with Gasteiger partial charge in [0.05, 0.1) is 11.3 Å². The lowest BCUT2D eigenvalue weighted by Gasteiger charge is -2.33. The third-order valence-electron chi connectivity index (χ3n) is 5.09. The molecule has 140 valence electrons. The second-order valence-electron chi connectivity index (χ2n) is 7.13. The number of anilines is 2. The molecule has 0 spiro atoms. The van der Waals surface area contributed by atoms with Gasteiger partial charge in [0, 0.05) is 23.7 Å². The van der Waals surface area contributed by atoms with E-state index in [1.165, 1.54) is 4.88 Å². The van der Waals surface area contributed by atoms with Crippen LogP contribution in [-0.2, 0) is 11.2 Å². The van der Waals surface area contributed by atoms with Gasteiger partial charge < -0.3 is 10.2 Å². The maximum Gasteiger partial charge on any atom is 0.229 e. The van der Waals surface area contributed by atoms with Crippen LogP contribution in [0.3, 0.4) is 0 Å². The molecule has 1 saturated heterocycles. The molecule has 0 radical (unpaired) electrons. The summed E-state index contributed by atoms with van der Waals surface area (Å²) in [6.07, 6.45) is 4.54. The Labute approximate surface area is 163 Å². The topological polar surface area (TPSA) is 58.1 Å². The van der Waals surface area contributed by atoms with Crippen molar-refractivity contribution in [1.82, 2.24) is 9.97 Å². The van der Waals surface area contributed by atoms with Gasteiger partial charge in [-0.25, -0.2) is 9.97 Å². The molecular formula is C21H24N4OS. The van der Waals surface area contributed by atoms with Gasteiger partial charge in [-0.05, 0) is 49.9 Å². The summed E-state index contributed by atoms with van der Waals surface area (Å²) in [4.78, 5) is 26.4. The van der Waals surface area contributed by atoms with Gasteiger partial charge in [-0.1, -0.05) is 19.1 Å². The van der Waals surface area contributed by atoms with Crippen molar-refractivity contribution >= 4 is 39.0 Å². The van der Waals surface area contributed by atoms with Gasteiger partial charge in [0.25, 0.3) is 0 Å². The number of nitrogens with one attached hydrogen (secondary N) is 1. The normalized spacial score (nSPS) is 17.3. The Bertz CT molecular complexity index is 968. The first-order valence-electron chi connectivity index (χ1n) is 9.50. The number of aryl methyl sites for hydroxylation is 2. The van der Waals surface area contributed by atoms with E-state index in [0.29, 0.717) is 6.54 Å². The maximum absolute atomic E-state index is 12.8. The zero-order chi connectivity index (χ0) is 18.8. The summed E-state index contributed by atoms with van der Waals surface area (Å²) in [5, 5.41) is 4.19. The lowest BCUT2D eigenvalue weighted by Crippen LogP contribution is -2.41. The van der Waals surface area contributed by atoms with Crippen molar-refractivity contribution < 1.29 is 4.79 Å². The standard InChI is InChI=1S/C21H24N4OS/c1-3-17-11-18-19(22-13-23-21(18)27-17)25-9-5-7-15(12-25)20(26)24-16-8-4-6-14(2)10-16/h4,6,8,10-11,13,15H,3,5,7,9,12H2,1-2H3,(H,24,26). The molecule has 1 aliphatic rings. The van der Waals surface area contributed by atoms with Crippen molar-refractivity contribution in [2.75, 3.05) is 23.3 Å². The number of hydrogen-bond donors (Lipinski definition) is 1. The highest BCUT2D eigenvalue weighted by Gasteiger charge is 2.28. The van der Waals surface area contributed by atoms with Gasteiger partial charge in [0.2, 0.25) is 5.91 Å². The van der Waals surface area contributed by atoms with Crippen LogP contribution >= 0.6 is 11.3 Å². The van der Waals surface area contributed by atoms with Gasteiger partial charge in [0.1, 0.15) is 17.0 Å². The predicted octanol–water partition coefficient (Wildman–Crippen LogP) is 4.42. The number of benzene rings is 1. The number of amides is 1. The van der Waals surface area contributed by atoms with Crippen LogP contribution < -0.4 is 10.2 Å². The first kappa shape index (κ1) is 17.9. The van der Waals surface area contributed by atoms with Crippen molar-refractivity contribution in [3.63, 3.8) is 0 Å². The van der Waals surface area contributed by atoms with E-state index in [2.05, 4.69) is 33.2 Å². The molecular weight excluding hydrogens is 356 g/mol. The van der Waals surface area contributed by atoms with Crippen LogP contribution in [0.15, 0.2) is 36.7 Å². The monoisotopic (exact) mass is 380 g/mol. The summed E-state index contributed by atoms with van der Waals surface area (Å²) in [7, 11) is 0. The van der Waals surface area contributed by atoms with Crippen molar-refractivity contribution in [3.8, 4) is 0 Å². The summed E-state index contributed by atoms with van der Waals surface area (Å²) in [5.74, 6) is 1.02. The summed E-state index contributed by atoms with van der Waals surface area (Å²) in [6.45, 7) is 5.81. The highest BCUT2D eigenvalue weighted by molar-refractivity contribution is 7.18. The fraction of sp³-hybridized carbons (Fsp3) is 0.381. The number of carbonyl (C=O) groups excluding carboxylic acids is 1. The van der Waals surface area contributed by atoms with Crippen LogP contribution in [-0.4, -0.2) is 29.0 Å². The number of hydrogen-bond acceptors (Lipinski definition) is 5. The first-order valence-corrected chi connectivity index (χ1v) is 10.3. The van der Waals surface area contributed by atoms with E-state index in [0.717, 1.165) is 53.1 Å². The highest BCUT2D eigenvalue weighted by Crippen LogP contribution is 2.32. The van der Waals surface area contributed by atoms with Gasteiger partial charge in [-0.2, -0.15) is 0 Å². The van der Waals surface area contributed by atoms with Crippen molar-refractivity contribution in [2.24, 2.45) is 5.92 Å². The fourth-order valence-electron chi connectivity index (χ4n) is 3.67. The number of aromatic nitrogens is 2. The van der Waals surface area contributed by atoms with E-state index in [1.807, 2.05) is 31.2 Å². The molecule has 1 N–H and O–H groups in total. The molecule has 1 aliphatic heterocycles. The van der Waals surface area contributed by atoms with Crippen LogP contribution in [0.4, 0.5) is 11.5 Å². The first-order chi connectivity index (χ1) is 13.1. The Balaban J connectivity index is 1.53. The molecule has 4 rings (SSSR count). The number of thiophene rings is 1. The second kappa shape index (κ2) is 7.64. The second-order valence-corrected chi connectivity index (χ2v) is 8.24. The van der Waals surface area contributed by atoms with Crippen molar-refractivity contribution in [3.05, 3.63) is 47.1 Å². The average molecular weight is 381 g/mol. The lowest BCUT2D eigenvalue weighted by molar-refractivity contribution is -0.120. The molecule has 0 saturated carbocycles. The van der Waals surface area contributed by atoms with Gasteiger partial charge in [-0.15, -0.1) is 11.3 Å². The predicted molar refractivity (Wildman–Crippen MR) is 112 cm³/mol. The third-order valence-corrected chi connectivity index (χ3v) is 6.27. The molecule has 0 bridgehead atoms. The molecule has 1 unspecified atom stereocenters. The Kier molecular flexibility index (Phi) is 5.07. The van der Waals surface area contributed by atoms with E-state index in [1.54, 1.807) is 17.7 Å². The SMILES string of the molecule is CCc1cc2c(N3CCCC(C(=O)Nc4cccc(C)c4)C3)ncnc2s1. The molecule has 5 nitrogen and oxygen atoms in total. The van der Waals surface area contributed by atoms with Crippen LogP contribution in [0.1, 0.15) is 30.2 Å². The minimum absolute atomic E-state index is 0.0337. The van der Waals surface area contributed by atoms with Crippen LogP contribution in [0.2, 0.25) is 0 Å². The van der Waals surface area contributed by atoms with E-state index < -0.39 is 0 Å². The molecule has 2 aromatic heterocycles. The van der Waals surface area contributed by atoms with Crippen molar-refractivity contribution in [1.29, 1.82) is 0 Å². The van der Waals surface area contributed by atoms with Gasteiger partial charge in [-0.3, -0.25) is 4.79 Å². The van der Waals surface area contributed by atoms with E-state index in [4.69, 9.17) is 0 Å². The van der Waals surface area contributed by atoms with Gasteiger partial charge in [0.15, 0.2) is 0 Å². The Hall–Kier alpha value is -2.47. The Morgan fingerprint density at radius 2 is 2.22 bits per heavy atom. The van der Waals surface area contributed by atoms with Crippen LogP contribution in [0.5, 0.6) is 0 Å². The summed E-state index contributed by atoms with van der Waals surface area (Å²) >= 11 is 1.73. The minimum Gasteiger partial charge on any atom is -0.355 e. The van der Waals surface area contributed by atoms with E-state index in [9.17, 15) is 4.79 Å². The number of rotatable bonds is 4. The Morgan fingerprint density at radius 1 is 1.33 bits per heavy atom. The summed E-state index contributed by atoms with van der Waals surface area (Å²) < 4.78 is 0. The molecule has 27 heavy (non-hydrogen) atoms. The van der Waals surface area contributed by atoms with E-state index in [-0.39, 0.29) is 11.8 Å². The summed E-state index contributed by atoms with van der Waals surface area (Å²) in [5.41, 5.74) is 2.01. The average Bonchev–Trinajstić information content (AvgIpc) is 3.11. The lowest BCUT2D eigenvalue weighted by atomic mass is 9.96. The molecule has 6 heteroatoms. The number of piperidine rings is 1. The minimum atomic E-state index is -0.0337. The van der Waals surface area contributed by atoms with Crippen LogP contribution in [0, 0.1) is 12.8 Å². The molecule has 1 amide bonds. The van der Waals surface area contributed by atoms with Crippen molar-refractivity contribution in [2.45, 2.75) is 33.1 Å². The van der Waals surface area contributed by atoms with Gasteiger partial charge >= 0.3 is 0 Å². The number of nitrogens with zero attached hydrogens (tertiary/aromatic N) is 3. The molecule has 3 aromatic rings. The molecule has 0 aliphatic carbocycles. The fourth-order valence-corrected chi connectivity index (χ4v) is 4.60. The zero-order valence-corrected chi connectivity index (χ0v) is 16.6. The van der Waals surface area contributed by atoms with E-state index >= 15 is 0 Å². The van der Waals surface area contributed by atoms with Crippen LogP contribution in [0.25, 0.3) is 10.2 Å². The smallest absolute Gasteiger partial charge is 0.229 e. The quantitative estimate of drug-likeness (QED) is 0.728.